The highest BCUT2D eigenvalue weighted by atomic mass is 16.4. The minimum absolute atomic E-state index is 0.00227. The maximum absolute atomic E-state index is 11.6. The maximum Gasteiger partial charge on any atom is 0.405 e. The summed E-state index contributed by atoms with van der Waals surface area (Å²) in [6, 6.07) is 6.58. The van der Waals surface area contributed by atoms with Crippen LogP contribution >= 0.6 is 0 Å². The molecule has 0 saturated carbocycles. The molecule has 1 rings (SSSR count). The molecule has 0 aliphatic heterocycles. The minimum Gasteiger partial charge on any atom is -0.508 e. The van der Waals surface area contributed by atoms with Gasteiger partial charge in [-0.05, 0) is 39.3 Å². The summed E-state index contributed by atoms with van der Waals surface area (Å²) >= 11 is 0. The molecule has 0 radical (unpaired) electrons. The van der Waals surface area contributed by atoms with Crippen LogP contribution < -0.4 is 10.6 Å². The summed E-state index contributed by atoms with van der Waals surface area (Å²) in [6.07, 6.45) is 0.900. The highest BCUT2D eigenvalue weighted by Gasteiger charge is 2.12. The van der Waals surface area contributed by atoms with Crippen molar-refractivity contribution >= 4 is 17.7 Å². The molecule has 0 spiro atoms. The smallest absolute Gasteiger partial charge is 0.405 e. The second-order valence-electron chi connectivity index (χ2n) is 6.41. The molecule has 1 atom stereocenters. The number of aromatic hydroxyl groups is 1. The van der Waals surface area contributed by atoms with Gasteiger partial charge in [0.2, 0.25) is 5.91 Å². The molecule has 0 aliphatic carbocycles. The van der Waals surface area contributed by atoms with Crippen molar-refractivity contribution < 1.29 is 19.8 Å². The summed E-state index contributed by atoms with van der Waals surface area (Å²) in [6.45, 7) is 9.34. The Morgan fingerprint density at radius 3 is 2.26 bits per heavy atom. The Balaban J connectivity index is 0.000000515. The summed E-state index contributed by atoms with van der Waals surface area (Å²) in [5.41, 5.74) is 0.314. The summed E-state index contributed by atoms with van der Waals surface area (Å²) in [5, 5.41) is 22.4. The molecule has 0 aliphatic rings. The lowest BCUT2D eigenvalue weighted by atomic mass is 10.1. The van der Waals surface area contributed by atoms with Gasteiger partial charge in [0.1, 0.15) is 5.75 Å². The first-order valence-corrected chi connectivity index (χ1v) is 7.66. The van der Waals surface area contributed by atoms with Gasteiger partial charge in [0.05, 0.1) is 0 Å². The molecule has 1 aromatic rings. The Labute approximate surface area is 137 Å². The summed E-state index contributed by atoms with van der Waals surface area (Å²) < 4.78 is 0. The molecule has 0 saturated heterocycles. The van der Waals surface area contributed by atoms with Gasteiger partial charge in [-0.1, -0.05) is 26.3 Å². The highest BCUT2D eigenvalue weighted by Crippen LogP contribution is 2.17. The van der Waals surface area contributed by atoms with E-state index >= 15 is 0 Å². The van der Waals surface area contributed by atoms with Crippen LogP contribution in [0.15, 0.2) is 24.3 Å². The van der Waals surface area contributed by atoms with Gasteiger partial charge < -0.3 is 20.8 Å². The molecule has 6 nitrogen and oxygen atoms in total. The summed E-state index contributed by atoms with van der Waals surface area (Å²) in [7, 11) is 0. The van der Waals surface area contributed by atoms with Crippen LogP contribution in [0.5, 0.6) is 5.75 Å². The fourth-order valence-corrected chi connectivity index (χ4v) is 1.73. The lowest BCUT2D eigenvalue weighted by molar-refractivity contribution is -0.119. The van der Waals surface area contributed by atoms with Gasteiger partial charge >= 0.3 is 6.09 Å². The molecule has 0 heterocycles. The van der Waals surface area contributed by atoms with Crippen molar-refractivity contribution in [2.75, 3.05) is 5.32 Å². The van der Waals surface area contributed by atoms with Crippen molar-refractivity contribution in [1.82, 2.24) is 5.32 Å². The molecule has 1 aromatic carbocycles. The first-order valence-electron chi connectivity index (χ1n) is 7.66. The number of carbonyl (C=O) groups excluding carboxylic acids is 1. The van der Waals surface area contributed by atoms with Crippen molar-refractivity contribution in [2.24, 2.45) is 5.92 Å². The zero-order valence-corrected chi connectivity index (χ0v) is 14.5. The van der Waals surface area contributed by atoms with Gasteiger partial charge in [-0.2, -0.15) is 0 Å². The molecule has 130 valence electrons. The summed E-state index contributed by atoms with van der Waals surface area (Å²) in [5.74, 6) is 0.177. The zero-order valence-electron chi connectivity index (χ0n) is 14.5. The number of nitrogens with one attached hydrogen (secondary N) is 2. The van der Waals surface area contributed by atoms with Crippen molar-refractivity contribution in [3.05, 3.63) is 24.3 Å². The quantitative estimate of drug-likeness (QED) is 0.676. The van der Waals surface area contributed by atoms with Crippen LogP contribution in [0.25, 0.3) is 0 Å². The number of hydrogen-bond donors (Lipinski definition) is 4. The standard InChI is InChI=1S/C12H17NO2.C5H11NO2/c1-3-5-9(2)12(15)13-10-6-4-7-11(14)8-10;1-5(2,3)6-4(7)8/h4,6-9,14H,3,5H2,1-2H3,(H,13,15);6H,1-3H3,(H,7,8). The molecule has 1 unspecified atom stereocenters. The predicted octanol–water partition coefficient (Wildman–Crippen LogP) is 3.82. The minimum atomic E-state index is -0.975. The van der Waals surface area contributed by atoms with Crippen molar-refractivity contribution in [3.8, 4) is 5.75 Å². The Morgan fingerprint density at radius 1 is 1.26 bits per heavy atom. The number of phenols is 1. The molecule has 2 amide bonds. The third-order valence-electron chi connectivity index (χ3n) is 2.76. The topological polar surface area (TPSA) is 98.7 Å². The van der Waals surface area contributed by atoms with E-state index in [1.54, 1.807) is 39.0 Å². The fourth-order valence-electron chi connectivity index (χ4n) is 1.73. The number of carboxylic acid groups (broad SMARTS) is 1. The van der Waals surface area contributed by atoms with Gasteiger partial charge in [0, 0.05) is 23.2 Å². The van der Waals surface area contributed by atoms with E-state index in [4.69, 9.17) is 5.11 Å². The second-order valence-corrected chi connectivity index (χ2v) is 6.41. The number of phenolic OH excluding ortho intramolecular Hbond substituents is 1. The molecule has 0 bridgehead atoms. The van der Waals surface area contributed by atoms with Crippen LogP contribution in [0.4, 0.5) is 10.5 Å². The van der Waals surface area contributed by atoms with Gasteiger partial charge in [-0.15, -0.1) is 0 Å². The number of rotatable bonds is 4. The van der Waals surface area contributed by atoms with E-state index in [1.807, 2.05) is 6.92 Å². The third kappa shape index (κ3) is 11.0. The van der Waals surface area contributed by atoms with E-state index < -0.39 is 6.09 Å². The van der Waals surface area contributed by atoms with Crippen LogP contribution in [-0.4, -0.2) is 27.8 Å². The lowest BCUT2D eigenvalue weighted by Gasteiger charge is -2.16. The fraction of sp³-hybridized carbons (Fsp3) is 0.529. The van der Waals surface area contributed by atoms with E-state index in [1.165, 1.54) is 6.07 Å². The molecule has 6 heteroatoms. The zero-order chi connectivity index (χ0) is 18.0. The monoisotopic (exact) mass is 324 g/mol. The number of hydrogen-bond acceptors (Lipinski definition) is 3. The van der Waals surface area contributed by atoms with E-state index in [0.29, 0.717) is 5.69 Å². The van der Waals surface area contributed by atoms with Crippen LogP contribution in [0, 0.1) is 5.92 Å². The third-order valence-corrected chi connectivity index (χ3v) is 2.76. The van der Waals surface area contributed by atoms with Gasteiger partial charge in [0.25, 0.3) is 0 Å². The number of carbonyl (C=O) groups is 2. The van der Waals surface area contributed by atoms with Crippen LogP contribution in [-0.2, 0) is 4.79 Å². The van der Waals surface area contributed by atoms with Gasteiger partial charge in [-0.25, -0.2) is 4.79 Å². The Kier molecular flexibility index (Phi) is 8.77. The average molecular weight is 324 g/mol. The molecule has 4 N–H and O–H groups in total. The number of anilines is 1. The van der Waals surface area contributed by atoms with E-state index in [9.17, 15) is 14.7 Å². The predicted molar refractivity (Wildman–Crippen MR) is 91.7 cm³/mol. The molecule has 0 aromatic heterocycles. The Hall–Kier alpha value is -2.24. The molecular weight excluding hydrogens is 296 g/mol. The Bertz CT molecular complexity index is 510. The first-order chi connectivity index (χ1) is 10.5. The van der Waals surface area contributed by atoms with Crippen molar-refractivity contribution in [3.63, 3.8) is 0 Å². The first kappa shape index (κ1) is 20.8. The molecule has 0 fully saturated rings. The maximum atomic E-state index is 11.6. The Morgan fingerprint density at radius 2 is 1.87 bits per heavy atom. The van der Waals surface area contributed by atoms with Crippen molar-refractivity contribution in [2.45, 2.75) is 53.0 Å². The normalized spacial score (nSPS) is 11.7. The van der Waals surface area contributed by atoms with Crippen LogP contribution in [0.3, 0.4) is 0 Å². The second kappa shape index (κ2) is 9.71. The SMILES string of the molecule is CC(C)(C)NC(=O)O.CCCC(C)C(=O)Nc1cccc(O)c1. The van der Waals surface area contributed by atoms with Crippen LogP contribution in [0.2, 0.25) is 0 Å². The average Bonchev–Trinajstić information content (AvgIpc) is 2.36. The number of amides is 2. The van der Waals surface area contributed by atoms with E-state index in [0.717, 1.165) is 12.8 Å². The van der Waals surface area contributed by atoms with Crippen molar-refractivity contribution in [1.29, 1.82) is 0 Å². The van der Waals surface area contributed by atoms with E-state index in [2.05, 4.69) is 17.6 Å². The van der Waals surface area contributed by atoms with E-state index in [-0.39, 0.29) is 23.1 Å². The molecular formula is C17H28N2O4. The van der Waals surface area contributed by atoms with Crippen LogP contribution in [0.1, 0.15) is 47.5 Å². The highest BCUT2D eigenvalue weighted by molar-refractivity contribution is 5.92. The number of benzene rings is 1. The largest absolute Gasteiger partial charge is 0.508 e. The van der Waals surface area contributed by atoms with Gasteiger partial charge in [0.15, 0.2) is 0 Å². The molecule has 23 heavy (non-hydrogen) atoms. The summed E-state index contributed by atoms with van der Waals surface area (Å²) in [4.78, 5) is 21.5. The lowest BCUT2D eigenvalue weighted by Crippen LogP contribution is -2.39. The van der Waals surface area contributed by atoms with Gasteiger partial charge in [-0.3, -0.25) is 4.79 Å².